The van der Waals surface area contributed by atoms with Gasteiger partial charge >= 0.3 is 5.97 Å². The molecule has 2 aromatic carbocycles. The molecular weight excluding hydrogens is 449 g/mol. The Labute approximate surface area is 204 Å². The van der Waals surface area contributed by atoms with Crippen LogP contribution in [0.25, 0.3) is 0 Å². The first-order valence-corrected chi connectivity index (χ1v) is 10.2. The van der Waals surface area contributed by atoms with Gasteiger partial charge in [-0.15, -0.1) is 24.8 Å². The molecule has 3 unspecified atom stereocenters. The minimum atomic E-state index is -0.931. The highest BCUT2D eigenvalue weighted by Crippen LogP contribution is 2.48. The van der Waals surface area contributed by atoms with Gasteiger partial charge < -0.3 is 25.7 Å². The third-order valence-corrected chi connectivity index (χ3v) is 6.01. The summed E-state index contributed by atoms with van der Waals surface area (Å²) in [4.78, 5) is 14.8. The lowest BCUT2D eigenvalue weighted by Gasteiger charge is -2.55. The minimum Gasteiger partial charge on any atom is -0.478 e. The lowest BCUT2D eigenvalue weighted by molar-refractivity contribution is -0.151. The van der Waals surface area contributed by atoms with Gasteiger partial charge in [-0.1, -0.05) is 37.3 Å². The number of halogens is 2. The zero-order valence-corrected chi connectivity index (χ0v) is 21.1. The number of piperidine rings is 1. The summed E-state index contributed by atoms with van der Waals surface area (Å²) in [5.74, 6) is -0.931. The predicted molar refractivity (Wildman–Crippen MR) is 136 cm³/mol. The van der Waals surface area contributed by atoms with Crippen molar-refractivity contribution >= 4 is 36.5 Å². The van der Waals surface area contributed by atoms with E-state index in [-0.39, 0.29) is 35.8 Å². The van der Waals surface area contributed by atoms with Crippen LogP contribution in [0.5, 0.6) is 0 Å². The summed E-state index contributed by atoms with van der Waals surface area (Å²) >= 11 is 0. The van der Waals surface area contributed by atoms with Crippen LogP contribution in [0.2, 0.25) is 0 Å². The van der Waals surface area contributed by atoms with E-state index in [2.05, 4.69) is 56.9 Å². The molecule has 2 aromatic rings. The molecule has 6 nitrogen and oxygen atoms in total. The number of hydrogen-bond acceptors (Lipinski definition) is 5. The maximum atomic E-state index is 11.5. The summed E-state index contributed by atoms with van der Waals surface area (Å²) in [6, 6.07) is 16.6. The molecule has 0 spiro atoms. The molecule has 3 atom stereocenters. The van der Waals surface area contributed by atoms with Crippen molar-refractivity contribution in [2.75, 3.05) is 40.0 Å². The number of nitrogens with two attached hydrogens (primary N) is 1. The van der Waals surface area contributed by atoms with Crippen molar-refractivity contribution in [3.05, 3.63) is 65.7 Å². The number of nitrogens with zero attached hydrogens (tertiary/aromatic N) is 2. The number of hydrogen-bond donors (Lipinski definition) is 3. The molecule has 1 fully saturated rings. The Hall–Kier alpha value is -1.83. The average molecular weight is 486 g/mol. The molecular formula is C24H37Cl2N3O3. The van der Waals surface area contributed by atoms with E-state index in [1.807, 2.05) is 18.2 Å². The number of nitrogen functional groups attached to an aromatic ring is 1. The van der Waals surface area contributed by atoms with Crippen molar-refractivity contribution in [3.63, 3.8) is 0 Å². The fourth-order valence-electron chi connectivity index (χ4n) is 4.35. The van der Waals surface area contributed by atoms with Crippen LogP contribution in [-0.2, 0) is 5.60 Å². The molecule has 1 aliphatic heterocycles. The summed E-state index contributed by atoms with van der Waals surface area (Å²) < 4.78 is 0. The number of anilines is 1. The average Bonchev–Trinajstić information content (AvgIpc) is 2.67. The molecule has 8 heteroatoms. The van der Waals surface area contributed by atoms with E-state index in [0.29, 0.717) is 11.7 Å². The monoisotopic (exact) mass is 485 g/mol. The number of aliphatic hydroxyl groups is 1. The van der Waals surface area contributed by atoms with Gasteiger partial charge in [0.1, 0.15) is 0 Å². The molecule has 180 valence electrons. The van der Waals surface area contributed by atoms with Gasteiger partial charge in [0, 0.05) is 30.2 Å². The zero-order chi connectivity index (χ0) is 22.5. The summed E-state index contributed by atoms with van der Waals surface area (Å²) in [6.07, 6.45) is 0.776. The van der Waals surface area contributed by atoms with Crippen LogP contribution in [0.1, 0.15) is 36.2 Å². The Morgan fingerprint density at radius 2 is 1.66 bits per heavy atom. The number of rotatable bonds is 4. The number of aromatic carboxylic acids is 1. The summed E-state index contributed by atoms with van der Waals surface area (Å²) in [5, 5.41) is 20.0. The van der Waals surface area contributed by atoms with Crippen LogP contribution in [0, 0.1) is 5.41 Å². The van der Waals surface area contributed by atoms with Crippen molar-refractivity contribution in [3.8, 4) is 0 Å². The molecule has 32 heavy (non-hydrogen) atoms. The zero-order valence-electron chi connectivity index (χ0n) is 19.5. The van der Waals surface area contributed by atoms with Gasteiger partial charge in [-0.2, -0.15) is 0 Å². The Bertz CT molecular complexity index is 836. The standard InChI is InChI=1S/C17H28N2O.C7H7NO2.2ClH/c1-14-11-17(20,15-9-7-6-8-10-15)16(2,12-18(3)4)13-19(14)5;8-6-3-1-5(2-4-6)7(9)10;;/h6-10,14,20H,11-13H2,1-5H3;1-4H,8H2,(H,9,10);2*1H. The van der Waals surface area contributed by atoms with Gasteiger partial charge in [0.2, 0.25) is 0 Å². The minimum absolute atomic E-state index is 0. The quantitative estimate of drug-likeness (QED) is 0.567. The van der Waals surface area contributed by atoms with E-state index >= 15 is 0 Å². The van der Waals surface area contributed by atoms with Crippen LogP contribution in [-0.4, -0.2) is 66.3 Å². The molecule has 1 aliphatic rings. The summed E-state index contributed by atoms with van der Waals surface area (Å²) in [7, 11) is 6.31. The van der Waals surface area contributed by atoms with Gasteiger partial charge in [0.05, 0.1) is 11.2 Å². The van der Waals surface area contributed by atoms with Crippen molar-refractivity contribution in [1.82, 2.24) is 9.80 Å². The topological polar surface area (TPSA) is 90.0 Å². The van der Waals surface area contributed by atoms with E-state index in [1.54, 1.807) is 12.1 Å². The fourth-order valence-corrected chi connectivity index (χ4v) is 4.35. The van der Waals surface area contributed by atoms with Gasteiger partial charge in [-0.25, -0.2) is 4.79 Å². The first kappa shape index (κ1) is 30.2. The molecule has 1 heterocycles. The first-order chi connectivity index (χ1) is 14.0. The lowest BCUT2D eigenvalue weighted by Crippen LogP contribution is -2.61. The van der Waals surface area contributed by atoms with E-state index in [9.17, 15) is 9.90 Å². The fraction of sp³-hybridized carbons (Fsp3) is 0.458. The van der Waals surface area contributed by atoms with Gasteiger partial charge in [0.15, 0.2) is 0 Å². The smallest absolute Gasteiger partial charge is 0.335 e. The second-order valence-corrected chi connectivity index (χ2v) is 8.92. The maximum Gasteiger partial charge on any atom is 0.335 e. The number of likely N-dealkylation sites (tertiary alicyclic amines) is 1. The number of carboxylic acids is 1. The molecule has 0 bridgehead atoms. The van der Waals surface area contributed by atoms with Gasteiger partial charge in [0.25, 0.3) is 0 Å². The van der Waals surface area contributed by atoms with Gasteiger partial charge in [-0.05, 0) is 64.3 Å². The molecule has 0 radical (unpaired) electrons. The summed E-state index contributed by atoms with van der Waals surface area (Å²) in [6.45, 7) is 6.18. The van der Waals surface area contributed by atoms with E-state index in [1.165, 1.54) is 12.1 Å². The third-order valence-electron chi connectivity index (χ3n) is 6.01. The van der Waals surface area contributed by atoms with Crippen LogP contribution < -0.4 is 5.73 Å². The second kappa shape index (κ2) is 12.4. The predicted octanol–water partition coefficient (Wildman–Crippen LogP) is 3.98. The Morgan fingerprint density at radius 1 is 1.12 bits per heavy atom. The highest BCUT2D eigenvalue weighted by molar-refractivity contribution is 5.87. The highest BCUT2D eigenvalue weighted by Gasteiger charge is 2.53. The first-order valence-electron chi connectivity index (χ1n) is 10.2. The molecule has 0 amide bonds. The normalized spacial score (nSPS) is 25.0. The second-order valence-electron chi connectivity index (χ2n) is 8.92. The van der Waals surface area contributed by atoms with E-state index < -0.39 is 11.6 Å². The summed E-state index contributed by atoms with van der Waals surface area (Å²) in [5.41, 5.74) is 6.26. The SMILES string of the molecule is CC1CC(O)(c2ccccc2)C(C)(CN(C)C)CN1C.Cl.Cl.Nc1ccc(C(=O)O)cc1. The third kappa shape index (κ3) is 7.09. The number of benzene rings is 2. The van der Waals surface area contributed by atoms with E-state index in [4.69, 9.17) is 10.8 Å². The Kier molecular flexibility index (Phi) is 11.7. The Morgan fingerprint density at radius 3 is 2.12 bits per heavy atom. The largest absolute Gasteiger partial charge is 0.478 e. The van der Waals surface area contributed by atoms with Crippen molar-refractivity contribution in [2.24, 2.45) is 5.41 Å². The van der Waals surface area contributed by atoms with Crippen molar-refractivity contribution in [1.29, 1.82) is 0 Å². The molecule has 0 saturated carbocycles. The Balaban J connectivity index is 0.000000683. The van der Waals surface area contributed by atoms with Crippen LogP contribution in [0.3, 0.4) is 0 Å². The highest BCUT2D eigenvalue weighted by atomic mass is 35.5. The van der Waals surface area contributed by atoms with Crippen molar-refractivity contribution in [2.45, 2.75) is 31.9 Å². The lowest BCUT2D eigenvalue weighted by atomic mass is 9.63. The van der Waals surface area contributed by atoms with Crippen LogP contribution >= 0.6 is 24.8 Å². The molecule has 0 aliphatic carbocycles. The molecule has 4 N–H and O–H groups in total. The van der Waals surface area contributed by atoms with Gasteiger partial charge in [-0.3, -0.25) is 0 Å². The number of carboxylic acid groups (broad SMARTS) is 1. The molecule has 3 rings (SSSR count). The molecule has 1 saturated heterocycles. The maximum absolute atomic E-state index is 11.5. The van der Waals surface area contributed by atoms with Crippen LogP contribution in [0.15, 0.2) is 54.6 Å². The van der Waals surface area contributed by atoms with Crippen molar-refractivity contribution < 1.29 is 15.0 Å². The number of carbonyl (C=O) groups is 1. The van der Waals surface area contributed by atoms with E-state index in [0.717, 1.165) is 25.1 Å². The van der Waals surface area contributed by atoms with Crippen LogP contribution in [0.4, 0.5) is 5.69 Å². The molecule has 0 aromatic heterocycles.